The van der Waals surface area contributed by atoms with E-state index in [1.54, 1.807) is 18.2 Å². The topological polar surface area (TPSA) is 142 Å². The van der Waals surface area contributed by atoms with Crippen LogP contribution in [0, 0.1) is 11.3 Å². The number of benzene rings is 1. The van der Waals surface area contributed by atoms with E-state index in [4.69, 9.17) is 15.6 Å². The third kappa shape index (κ3) is 3.92. The smallest absolute Gasteiger partial charge is 0.407 e. The number of ether oxygens (including phenoxy) is 1. The van der Waals surface area contributed by atoms with Gasteiger partial charge in [0.25, 0.3) is 5.91 Å². The second kappa shape index (κ2) is 8.04. The summed E-state index contributed by atoms with van der Waals surface area (Å²) in [6, 6.07) is 7.52. The molecule has 1 saturated heterocycles. The Balaban J connectivity index is 1.66. The first kappa shape index (κ1) is 19.7. The van der Waals surface area contributed by atoms with Gasteiger partial charge in [0.1, 0.15) is 23.5 Å². The number of fused-ring (bicyclic) bond motifs is 1. The molecule has 152 valence electrons. The van der Waals surface area contributed by atoms with Crippen LogP contribution in [0.25, 0.3) is 17.0 Å². The quantitative estimate of drug-likeness (QED) is 0.717. The van der Waals surface area contributed by atoms with Crippen molar-refractivity contribution in [1.29, 1.82) is 5.26 Å². The van der Waals surface area contributed by atoms with Crippen molar-refractivity contribution < 1.29 is 19.4 Å². The average Bonchev–Trinajstić information content (AvgIpc) is 3.05. The molecule has 9 nitrogen and oxygen atoms in total. The Morgan fingerprint density at radius 1 is 1.40 bits per heavy atom. The van der Waals surface area contributed by atoms with E-state index in [0.29, 0.717) is 53.1 Å². The largest absolute Gasteiger partial charge is 0.488 e. The zero-order chi connectivity index (χ0) is 21.3. The van der Waals surface area contributed by atoms with Crippen molar-refractivity contribution >= 4 is 45.9 Å². The third-order valence-corrected chi connectivity index (χ3v) is 5.71. The maximum atomic E-state index is 11.9. The van der Waals surface area contributed by atoms with Crippen LogP contribution in [0.5, 0.6) is 5.75 Å². The number of amides is 2. The molecule has 0 atom stereocenters. The lowest BCUT2D eigenvalue weighted by Crippen LogP contribution is -2.41. The lowest BCUT2D eigenvalue weighted by atomic mass is 10.1. The van der Waals surface area contributed by atoms with Gasteiger partial charge in [0.15, 0.2) is 5.17 Å². The second-order valence-corrected chi connectivity index (χ2v) is 7.90. The molecule has 2 amide bonds. The lowest BCUT2D eigenvalue weighted by molar-refractivity contribution is -0.113. The first-order valence-electron chi connectivity index (χ1n) is 9.20. The first-order chi connectivity index (χ1) is 14.4. The minimum atomic E-state index is -0.942. The number of piperidine rings is 1. The SMILES string of the molecule is N#Cc1cnc2ccc(/C=C3\SC(N)=NC3=O)cc2c1OC1CCN(C(=O)O)CC1. The number of amidine groups is 1. The van der Waals surface area contributed by atoms with Gasteiger partial charge in [0.2, 0.25) is 0 Å². The number of carboxylic acid groups (broad SMARTS) is 1. The summed E-state index contributed by atoms with van der Waals surface area (Å²) in [6.45, 7) is 0.756. The van der Waals surface area contributed by atoms with E-state index in [-0.39, 0.29) is 17.2 Å². The van der Waals surface area contributed by atoms with Crippen molar-refractivity contribution in [1.82, 2.24) is 9.88 Å². The molecule has 30 heavy (non-hydrogen) atoms. The van der Waals surface area contributed by atoms with Gasteiger partial charge in [-0.05, 0) is 35.5 Å². The number of likely N-dealkylation sites (tertiary alicyclic amines) is 1. The van der Waals surface area contributed by atoms with Crippen molar-refractivity contribution in [3.63, 3.8) is 0 Å². The van der Waals surface area contributed by atoms with E-state index in [0.717, 1.165) is 17.3 Å². The normalized spacial score (nSPS) is 18.5. The van der Waals surface area contributed by atoms with E-state index >= 15 is 0 Å². The Hall–Kier alpha value is -3.58. The summed E-state index contributed by atoms with van der Waals surface area (Å²) < 4.78 is 6.16. The minimum absolute atomic E-state index is 0.206. The van der Waals surface area contributed by atoms with E-state index in [1.807, 2.05) is 6.07 Å². The monoisotopic (exact) mass is 423 g/mol. The number of aromatic nitrogens is 1. The van der Waals surface area contributed by atoms with Crippen LogP contribution in [0.3, 0.4) is 0 Å². The summed E-state index contributed by atoms with van der Waals surface area (Å²) >= 11 is 1.10. The molecule has 3 N–H and O–H groups in total. The van der Waals surface area contributed by atoms with E-state index in [1.165, 1.54) is 11.1 Å². The fraction of sp³-hybridized carbons (Fsp3) is 0.250. The molecule has 1 aromatic carbocycles. The van der Waals surface area contributed by atoms with E-state index in [9.17, 15) is 14.9 Å². The molecule has 10 heteroatoms. The highest BCUT2D eigenvalue weighted by atomic mass is 32.2. The molecule has 0 saturated carbocycles. The fourth-order valence-electron chi connectivity index (χ4n) is 3.39. The second-order valence-electron chi connectivity index (χ2n) is 6.84. The molecular weight excluding hydrogens is 406 g/mol. The summed E-state index contributed by atoms with van der Waals surface area (Å²) in [4.78, 5) is 32.8. The molecule has 2 aliphatic rings. The van der Waals surface area contributed by atoms with Gasteiger partial charge in [-0.25, -0.2) is 4.79 Å². The Morgan fingerprint density at radius 3 is 2.80 bits per heavy atom. The summed E-state index contributed by atoms with van der Waals surface area (Å²) in [5, 5.41) is 19.5. The molecule has 0 radical (unpaired) electrons. The predicted molar refractivity (Wildman–Crippen MR) is 112 cm³/mol. The number of hydrogen-bond donors (Lipinski definition) is 2. The van der Waals surface area contributed by atoms with Crippen LogP contribution in [-0.2, 0) is 4.79 Å². The Labute approximate surface area is 175 Å². The molecule has 4 rings (SSSR count). The van der Waals surface area contributed by atoms with Crippen LogP contribution in [0.4, 0.5) is 4.79 Å². The average molecular weight is 423 g/mol. The van der Waals surface area contributed by atoms with Gasteiger partial charge in [-0.2, -0.15) is 10.3 Å². The highest BCUT2D eigenvalue weighted by molar-refractivity contribution is 8.18. The van der Waals surface area contributed by atoms with Crippen molar-refractivity contribution in [2.45, 2.75) is 18.9 Å². The molecule has 2 aliphatic heterocycles. The van der Waals surface area contributed by atoms with Crippen LogP contribution in [0.15, 0.2) is 34.3 Å². The zero-order valence-electron chi connectivity index (χ0n) is 15.7. The molecule has 0 aliphatic carbocycles. The molecule has 0 spiro atoms. The zero-order valence-corrected chi connectivity index (χ0v) is 16.6. The Bertz CT molecular complexity index is 1150. The number of nitrogens with two attached hydrogens (primary N) is 1. The van der Waals surface area contributed by atoms with Crippen LogP contribution in [0.2, 0.25) is 0 Å². The predicted octanol–water partition coefficient (Wildman–Crippen LogP) is 2.56. The van der Waals surface area contributed by atoms with Crippen LogP contribution < -0.4 is 10.5 Å². The first-order valence-corrected chi connectivity index (χ1v) is 10.0. The molecule has 3 heterocycles. The number of nitriles is 1. The number of pyridine rings is 1. The van der Waals surface area contributed by atoms with Crippen molar-refractivity contribution in [3.8, 4) is 11.8 Å². The number of hydrogen-bond acceptors (Lipinski definition) is 7. The maximum absolute atomic E-state index is 11.9. The number of carbonyl (C=O) groups is 2. The Kier molecular flexibility index (Phi) is 5.29. The third-order valence-electron chi connectivity index (χ3n) is 4.89. The van der Waals surface area contributed by atoms with Gasteiger partial charge < -0.3 is 20.5 Å². The lowest BCUT2D eigenvalue weighted by Gasteiger charge is -2.30. The van der Waals surface area contributed by atoms with Gasteiger partial charge >= 0.3 is 6.09 Å². The molecule has 0 bridgehead atoms. The van der Waals surface area contributed by atoms with Crippen LogP contribution in [0.1, 0.15) is 24.0 Å². The highest BCUT2D eigenvalue weighted by Gasteiger charge is 2.25. The summed E-state index contributed by atoms with van der Waals surface area (Å²) in [5.74, 6) is 0.0286. The summed E-state index contributed by atoms with van der Waals surface area (Å²) in [6.07, 6.45) is 3.07. The molecular formula is C20H17N5O4S. The van der Waals surface area contributed by atoms with Crippen molar-refractivity contribution in [3.05, 3.63) is 40.4 Å². The molecule has 2 aromatic rings. The van der Waals surface area contributed by atoms with Gasteiger partial charge in [0.05, 0.1) is 10.4 Å². The van der Waals surface area contributed by atoms with E-state index < -0.39 is 6.09 Å². The number of thioether (sulfide) groups is 1. The van der Waals surface area contributed by atoms with Gasteiger partial charge in [-0.15, -0.1) is 0 Å². The van der Waals surface area contributed by atoms with Gasteiger partial charge in [-0.1, -0.05) is 6.07 Å². The maximum Gasteiger partial charge on any atom is 0.407 e. The van der Waals surface area contributed by atoms with Gasteiger partial charge in [0, 0.05) is 37.5 Å². The molecule has 0 unspecified atom stereocenters. The summed E-state index contributed by atoms with van der Waals surface area (Å²) in [7, 11) is 0. The Morgan fingerprint density at radius 2 is 2.17 bits per heavy atom. The van der Waals surface area contributed by atoms with Crippen molar-refractivity contribution in [2.24, 2.45) is 10.7 Å². The standard InChI is InChI=1S/C20H17N5O4S/c21-9-12-10-23-15-2-1-11(8-16-18(26)24-19(22)30-16)7-14(15)17(12)29-13-3-5-25(6-4-13)20(27)28/h1-2,7-8,10,13H,3-6H2,(H,27,28)(H2,22,24,26)/b16-8-. The molecule has 1 aromatic heterocycles. The molecule has 1 fully saturated rings. The van der Waals surface area contributed by atoms with E-state index in [2.05, 4.69) is 16.0 Å². The number of carbonyl (C=O) groups excluding carboxylic acids is 1. The minimum Gasteiger partial charge on any atom is -0.488 e. The fourth-order valence-corrected chi connectivity index (χ4v) is 4.07. The van der Waals surface area contributed by atoms with Crippen molar-refractivity contribution in [2.75, 3.05) is 13.1 Å². The van der Waals surface area contributed by atoms with Crippen LogP contribution >= 0.6 is 11.8 Å². The highest BCUT2D eigenvalue weighted by Crippen LogP contribution is 2.33. The van der Waals surface area contributed by atoms with Crippen LogP contribution in [-0.4, -0.2) is 51.4 Å². The number of aliphatic imine (C=N–C) groups is 1. The summed E-state index contributed by atoms with van der Waals surface area (Å²) in [5.41, 5.74) is 7.27. The number of nitrogens with zero attached hydrogens (tertiary/aromatic N) is 4. The number of rotatable bonds is 3. The van der Waals surface area contributed by atoms with Gasteiger partial charge in [-0.3, -0.25) is 9.78 Å².